The normalized spacial score (nSPS) is 14.0. The molecule has 0 aliphatic carbocycles. The van der Waals surface area contributed by atoms with Crippen molar-refractivity contribution in [1.29, 1.82) is 5.26 Å². The number of carbonyl (C=O) groups is 1. The van der Waals surface area contributed by atoms with Crippen molar-refractivity contribution >= 4 is 11.7 Å². The first kappa shape index (κ1) is 17.0. The molecule has 0 saturated heterocycles. The number of carbonyl (C=O) groups excluding carboxylic acids is 1. The van der Waals surface area contributed by atoms with Crippen molar-refractivity contribution in [2.45, 2.75) is 39.2 Å². The number of nitrogens with one attached hydrogen (secondary N) is 2. The van der Waals surface area contributed by atoms with E-state index in [4.69, 9.17) is 5.26 Å². The van der Waals surface area contributed by atoms with Gasteiger partial charge in [0.15, 0.2) is 0 Å². The number of amides is 2. The summed E-state index contributed by atoms with van der Waals surface area (Å²) in [5, 5.41) is 19.1. The van der Waals surface area contributed by atoms with Crippen LogP contribution in [0.1, 0.15) is 43.3 Å². The molecule has 25 heavy (non-hydrogen) atoms. The van der Waals surface area contributed by atoms with Crippen LogP contribution in [-0.2, 0) is 18.4 Å². The van der Waals surface area contributed by atoms with Crippen molar-refractivity contribution in [3.05, 3.63) is 46.5 Å². The molecule has 7 heteroatoms. The van der Waals surface area contributed by atoms with Gasteiger partial charge in [-0.15, -0.1) is 0 Å². The van der Waals surface area contributed by atoms with Crippen LogP contribution < -0.4 is 5.32 Å². The van der Waals surface area contributed by atoms with Gasteiger partial charge in [-0.05, 0) is 18.2 Å². The first-order valence-corrected chi connectivity index (χ1v) is 8.12. The second kappa shape index (κ2) is 6.20. The monoisotopic (exact) mass is 341 g/mol. The number of H-pyrrole nitrogens is 1. The smallest absolute Gasteiger partial charge is 0.320 e. The Bertz CT molecular complexity index is 859. The lowest BCUT2D eigenvalue weighted by atomic mass is 9.87. The minimum absolute atomic E-state index is 0.0939. The van der Waals surface area contributed by atoms with Crippen LogP contribution >= 0.6 is 0 Å². The molecule has 2 amide bonds. The van der Waals surface area contributed by atoms with Crippen LogP contribution in [0.5, 0.6) is 0 Å². The molecule has 1 aromatic heterocycles. The summed E-state index contributed by atoms with van der Waals surface area (Å²) in [7, 11) is 0. The number of aromatic nitrogens is 2. The number of halogens is 1. The third kappa shape index (κ3) is 3.33. The number of nitriles is 1. The average Bonchev–Trinajstić information content (AvgIpc) is 2.99. The van der Waals surface area contributed by atoms with E-state index in [1.165, 1.54) is 18.2 Å². The van der Waals surface area contributed by atoms with E-state index in [2.05, 4.69) is 36.3 Å². The maximum absolute atomic E-state index is 13.4. The van der Waals surface area contributed by atoms with Crippen molar-refractivity contribution in [1.82, 2.24) is 15.1 Å². The summed E-state index contributed by atoms with van der Waals surface area (Å²) in [5.74, 6) is -0.601. The van der Waals surface area contributed by atoms with Crippen LogP contribution in [0.4, 0.5) is 14.9 Å². The van der Waals surface area contributed by atoms with Gasteiger partial charge in [0.1, 0.15) is 11.9 Å². The van der Waals surface area contributed by atoms with E-state index in [9.17, 15) is 9.18 Å². The van der Waals surface area contributed by atoms with E-state index in [-0.39, 0.29) is 17.0 Å². The minimum Gasteiger partial charge on any atom is -0.320 e. The molecule has 6 nitrogen and oxygen atoms in total. The topological polar surface area (TPSA) is 84.8 Å². The third-order valence-electron chi connectivity index (χ3n) is 4.27. The molecule has 2 N–H and O–H groups in total. The van der Waals surface area contributed by atoms with Crippen molar-refractivity contribution in [3.63, 3.8) is 0 Å². The average molecular weight is 341 g/mol. The van der Waals surface area contributed by atoms with E-state index < -0.39 is 5.82 Å². The molecule has 0 fully saturated rings. The van der Waals surface area contributed by atoms with Gasteiger partial charge in [0.2, 0.25) is 0 Å². The fourth-order valence-electron chi connectivity index (χ4n) is 2.98. The Morgan fingerprint density at radius 1 is 1.44 bits per heavy atom. The lowest BCUT2D eigenvalue weighted by molar-refractivity contribution is 0.206. The predicted octanol–water partition coefficient (Wildman–Crippen LogP) is 3.31. The van der Waals surface area contributed by atoms with Gasteiger partial charge >= 0.3 is 6.03 Å². The van der Waals surface area contributed by atoms with Crippen LogP contribution in [0.3, 0.4) is 0 Å². The first-order chi connectivity index (χ1) is 11.8. The van der Waals surface area contributed by atoms with Gasteiger partial charge in [0.25, 0.3) is 0 Å². The van der Waals surface area contributed by atoms with E-state index in [1.807, 2.05) is 0 Å². The molecule has 0 atom stereocenters. The van der Waals surface area contributed by atoms with E-state index >= 15 is 0 Å². The Labute approximate surface area is 145 Å². The molecular formula is C18H20FN5O. The molecule has 2 heterocycles. The minimum atomic E-state index is -0.601. The lowest BCUT2D eigenvalue weighted by Crippen LogP contribution is -2.39. The molecule has 130 valence electrons. The molecule has 2 aromatic rings. The number of hydrogen-bond acceptors (Lipinski definition) is 3. The van der Waals surface area contributed by atoms with Gasteiger partial charge in [0.05, 0.1) is 17.8 Å². The van der Waals surface area contributed by atoms with Crippen LogP contribution in [0.25, 0.3) is 0 Å². The van der Waals surface area contributed by atoms with E-state index in [0.717, 1.165) is 17.0 Å². The molecular weight excluding hydrogens is 321 g/mol. The highest BCUT2D eigenvalue weighted by Gasteiger charge is 2.29. The zero-order valence-corrected chi connectivity index (χ0v) is 14.5. The molecule has 0 saturated carbocycles. The highest BCUT2D eigenvalue weighted by molar-refractivity contribution is 5.89. The van der Waals surface area contributed by atoms with Crippen molar-refractivity contribution in [2.24, 2.45) is 0 Å². The predicted molar refractivity (Wildman–Crippen MR) is 91.5 cm³/mol. The largest absolute Gasteiger partial charge is 0.322 e. The van der Waals surface area contributed by atoms with E-state index in [0.29, 0.717) is 25.2 Å². The zero-order valence-electron chi connectivity index (χ0n) is 14.5. The van der Waals surface area contributed by atoms with E-state index in [1.54, 1.807) is 11.0 Å². The fraction of sp³-hybridized carbons (Fsp3) is 0.389. The van der Waals surface area contributed by atoms with Gasteiger partial charge in [-0.25, -0.2) is 9.18 Å². The second-order valence-corrected chi connectivity index (χ2v) is 7.19. The summed E-state index contributed by atoms with van der Waals surface area (Å²) in [6.07, 6.45) is 0.707. The number of urea groups is 1. The summed E-state index contributed by atoms with van der Waals surface area (Å²) in [4.78, 5) is 14.2. The van der Waals surface area contributed by atoms with Gasteiger partial charge in [-0.3, -0.25) is 5.10 Å². The van der Waals surface area contributed by atoms with Crippen LogP contribution in [0.15, 0.2) is 18.2 Å². The maximum atomic E-state index is 13.4. The summed E-state index contributed by atoms with van der Waals surface area (Å²) in [6.45, 7) is 7.30. The van der Waals surface area contributed by atoms with Gasteiger partial charge in [0, 0.05) is 35.3 Å². The van der Waals surface area contributed by atoms with Gasteiger partial charge in [-0.2, -0.15) is 10.4 Å². The zero-order chi connectivity index (χ0) is 18.2. The van der Waals surface area contributed by atoms with Gasteiger partial charge in [-0.1, -0.05) is 20.8 Å². The number of nitrogens with zero attached hydrogens (tertiary/aromatic N) is 3. The Morgan fingerprint density at radius 2 is 2.20 bits per heavy atom. The maximum Gasteiger partial charge on any atom is 0.322 e. The number of rotatable bonds is 1. The second-order valence-electron chi connectivity index (χ2n) is 7.19. The molecule has 0 spiro atoms. The quantitative estimate of drug-likeness (QED) is 0.834. The summed E-state index contributed by atoms with van der Waals surface area (Å²) < 4.78 is 13.4. The summed E-state index contributed by atoms with van der Waals surface area (Å²) in [6, 6.07) is 5.45. The number of anilines is 1. The molecule has 0 bridgehead atoms. The van der Waals surface area contributed by atoms with Gasteiger partial charge < -0.3 is 10.2 Å². The Hall–Kier alpha value is -2.88. The molecule has 0 unspecified atom stereocenters. The van der Waals surface area contributed by atoms with Crippen LogP contribution in [0, 0.1) is 17.1 Å². The summed E-state index contributed by atoms with van der Waals surface area (Å²) >= 11 is 0. The molecule has 0 radical (unpaired) electrons. The molecule has 1 aromatic carbocycles. The SMILES string of the molecule is CC(C)(C)c1n[nH]c2c1CN(C(=O)Nc1ccc(F)c(C#N)c1)CC2. The highest BCUT2D eigenvalue weighted by atomic mass is 19.1. The molecule has 3 rings (SSSR count). The van der Waals surface area contributed by atoms with Crippen molar-refractivity contribution < 1.29 is 9.18 Å². The Balaban J connectivity index is 1.77. The standard InChI is InChI=1S/C18H20FN5O/c1-18(2,3)16-13-10-24(7-6-15(13)22-23-16)17(25)21-12-4-5-14(19)11(8-12)9-20/h4-5,8H,6-7,10H2,1-3H3,(H,21,25)(H,22,23). The van der Waals surface area contributed by atoms with Crippen molar-refractivity contribution in [3.8, 4) is 6.07 Å². The first-order valence-electron chi connectivity index (χ1n) is 8.12. The fourth-order valence-corrected chi connectivity index (χ4v) is 2.98. The number of benzene rings is 1. The Morgan fingerprint density at radius 3 is 2.88 bits per heavy atom. The lowest BCUT2D eigenvalue weighted by Gasteiger charge is -2.29. The molecule has 1 aliphatic heterocycles. The number of hydrogen-bond donors (Lipinski definition) is 2. The van der Waals surface area contributed by atoms with Crippen LogP contribution in [-0.4, -0.2) is 27.7 Å². The number of aromatic amines is 1. The molecule has 1 aliphatic rings. The third-order valence-corrected chi connectivity index (χ3v) is 4.27. The summed E-state index contributed by atoms with van der Waals surface area (Å²) in [5.41, 5.74) is 3.30. The Kier molecular flexibility index (Phi) is 4.21. The van der Waals surface area contributed by atoms with Crippen LogP contribution in [0.2, 0.25) is 0 Å². The van der Waals surface area contributed by atoms with Crippen molar-refractivity contribution in [2.75, 3.05) is 11.9 Å². The highest BCUT2D eigenvalue weighted by Crippen LogP contribution is 2.29. The number of fused-ring (bicyclic) bond motifs is 1.